The molecule has 0 bridgehead atoms. The van der Waals surface area contributed by atoms with Crippen molar-refractivity contribution in [2.75, 3.05) is 18.9 Å². The zero-order chi connectivity index (χ0) is 11.3. The summed E-state index contributed by atoms with van der Waals surface area (Å²) in [5, 5.41) is 24.2. The predicted octanol–water partition coefficient (Wildman–Crippen LogP) is 0.213. The SMILES string of the molecule is CNCC(O)c1ccc(O)c(NC=O)c1. The maximum absolute atomic E-state index is 10.2. The summed E-state index contributed by atoms with van der Waals surface area (Å²) in [5.74, 6) is -0.0255. The number of aromatic hydroxyl groups is 1. The van der Waals surface area contributed by atoms with Crippen molar-refractivity contribution in [3.8, 4) is 5.75 Å². The van der Waals surface area contributed by atoms with Gasteiger partial charge in [-0.3, -0.25) is 4.79 Å². The van der Waals surface area contributed by atoms with Gasteiger partial charge in [-0.05, 0) is 24.7 Å². The van der Waals surface area contributed by atoms with Crippen LogP contribution < -0.4 is 10.6 Å². The number of carbonyl (C=O) groups excluding carboxylic acids is 1. The molecule has 0 aliphatic rings. The van der Waals surface area contributed by atoms with Crippen LogP contribution in [0.2, 0.25) is 0 Å². The van der Waals surface area contributed by atoms with E-state index in [4.69, 9.17) is 0 Å². The summed E-state index contributed by atoms with van der Waals surface area (Å²) in [7, 11) is 1.73. The summed E-state index contributed by atoms with van der Waals surface area (Å²) in [6.45, 7) is 0.408. The van der Waals surface area contributed by atoms with Crippen molar-refractivity contribution in [3.05, 3.63) is 23.8 Å². The van der Waals surface area contributed by atoms with Crippen molar-refractivity contribution >= 4 is 12.1 Å². The highest BCUT2D eigenvalue weighted by atomic mass is 16.3. The van der Waals surface area contributed by atoms with Crippen molar-refractivity contribution < 1.29 is 15.0 Å². The summed E-state index contributed by atoms with van der Waals surface area (Å²) in [5.41, 5.74) is 0.921. The van der Waals surface area contributed by atoms with Crippen LogP contribution in [0, 0.1) is 0 Å². The van der Waals surface area contributed by atoms with Gasteiger partial charge in [-0.1, -0.05) is 6.07 Å². The number of rotatable bonds is 5. The van der Waals surface area contributed by atoms with Gasteiger partial charge >= 0.3 is 0 Å². The maximum Gasteiger partial charge on any atom is 0.211 e. The Balaban J connectivity index is 2.90. The Kier molecular flexibility index (Phi) is 4.08. The van der Waals surface area contributed by atoms with Crippen molar-refractivity contribution in [2.24, 2.45) is 0 Å². The number of carbonyl (C=O) groups is 1. The van der Waals surface area contributed by atoms with E-state index in [-0.39, 0.29) is 11.4 Å². The molecule has 0 heterocycles. The topological polar surface area (TPSA) is 81.6 Å². The van der Waals surface area contributed by atoms with E-state index in [0.29, 0.717) is 18.5 Å². The quantitative estimate of drug-likeness (QED) is 0.414. The molecule has 82 valence electrons. The Morgan fingerprint density at radius 1 is 1.53 bits per heavy atom. The summed E-state index contributed by atoms with van der Waals surface area (Å²) in [6.07, 6.45) is -0.189. The molecule has 0 spiro atoms. The third-order valence-corrected chi connectivity index (χ3v) is 2.02. The van der Waals surface area contributed by atoms with Crippen LogP contribution in [0.4, 0.5) is 5.69 Å². The minimum atomic E-state index is -0.664. The molecular weight excluding hydrogens is 196 g/mol. The number of phenols is 1. The third-order valence-electron chi connectivity index (χ3n) is 2.02. The van der Waals surface area contributed by atoms with Crippen LogP contribution in [0.25, 0.3) is 0 Å². The molecule has 4 N–H and O–H groups in total. The predicted molar refractivity (Wildman–Crippen MR) is 56.7 cm³/mol. The number of aliphatic hydroxyl groups excluding tert-OH is 1. The van der Waals surface area contributed by atoms with Crippen LogP contribution in [0.15, 0.2) is 18.2 Å². The second kappa shape index (κ2) is 5.33. The zero-order valence-corrected chi connectivity index (χ0v) is 8.40. The molecule has 0 aromatic heterocycles. The van der Waals surface area contributed by atoms with Gasteiger partial charge in [-0.2, -0.15) is 0 Å². The fourth-order valence-corrected chi connectivity index (χ4v) is 1.25. The molecule has 0 saturated heterocycles. The Morgan fingerprint density at radius 2 is 2.27 bits per heavy atom. The molecule has 0 radical (unpaired) electrons. The number of hydrogen-bond donors (Lipinski definition) is 4. The molecule has 1 aromatic rings. The number of amides is 1. The molecule has 5 heteroatoms. The first-order chi connectivity index (χ1) is 7.19. The molecule has 15 heavy (non-hydrogen) atoms. The van der Waals surface area contributed by atoms with Crippen molar-refractivity contribution in [1.29, 1.82) is 0 Å². The number of benzene rings is 1. The van der Waals surface area contributed by atoms with Crippen LogP contribution in [-0.2, 0) is 4.79 Å². The van der Waals surface area contributed by atoms with Crippen LogP contribution in [-0.4, -0.2) is 30.2 Å². The second-order valence-corrected chi connectivity index (χ2v) is 3.11. The molecule has 0 aliphatic carbocycles. The van der Waals surface area contributed by atoms with Gasteiger partial charge < -0.3 is 20.8 Å². The summed E-state index contributed by atoms with van der Waals surface area (Å²) < 4.78 is 0. The van der Waals surface area contributed by atoms with Gasteiger partial charge in [0.25, 0.3) is 0 Å². The first-order valence-corrected chi connectivity index (χ1v) is 4.54. The molecule has 5 nitrogen and oxygen atoms in total. The fourth-order valence-electron chi connectivity index (χ4n) is 1.25. The highest BCUT2D eigenvalue weighted by molar-refractivity contribution is 5.75. The largest absolute Gasteiger partial charge is 0.506 e. The number of anilines is 1. The van der Waals surface area contributed by atoms with Crippen molar-refractivity contribution in [3.63, 3.8) is 0 Å². The lowest BCUT2D eigenvalue weighted by Crippen LogP contribution is -2.16. The Hall–Kier alpha value is -1.59. The molecular formula is C10H14N2O3. The number of likely N-dealkylation sites (N-methyl/N-ethyl adjacent to an activating group) is 1. The van der Waals surface area contributed by atoms with Crippen LogP contribution in [0.5, 0.6) is 5.75 Å². The fraction of sp³-hybridized carbons (Fsp3) is 0.300. The number of nitrogens with one attached hydrogen (secondary N) is 2. The molecule has 0 saturated carbocycles. The smallest absolute Gasteiger partial charge is 0.211 e. The Morgan fingerprint density at radius 3 is 2.87 bits per heavy atom. The van der Waals surface area contributed by atoms with Gasteiger partial charge in [0.15, 0.2) is 0 Å². The lowest BCUT2D eigenvalue weighted by atomic mass is 10.1. The van der Waals surface area contributed by atoms with Crippen LogP contribution >= 0.6 is 0 Å². The number of hydrogen-bond acceptors (Lipinski definition) is 4. The van der Waals surface area contributed by atoms with E-state index in [1.54, 1.807) is 13.1 Å². The minimum Gasteiger partial charge on any atom is -0.506 e. The molecule has 1 atom stereocenters. The monoisotopic (exact) mass is 210 g/mol. The maximum atomic E-state index is 10.2. The van der Waals surface area contributed by atoms with Gasteiger partial charge in [0, 0.05) is 6.54 Å². The van der Waals surface area contributed by atoms with E-state index in [1.807, 2.05) is 0 Å². The average Bonchev–Trinajstić information content (AvgIpc) is 2.22. The van der Waals surface area contributed by atoms with E-state index < -0.39 is 6.10 Å². The lowest BCUT2D eigenvalue weighted by Gasteiger charge is -2.12. The van der Waals surface area contributed by atoms with Gasteiger partial charge in [0.2, 0.25) is 6.41 Å². The third kappa shape index (κ3) is 2.93. The van der Waals surface area contributed by atoms with Gasteiger partial charge in [0.1, 0.15) is 5.75 Å². The molecule has 1 amide bonds. The number of phenolic OH excluding ortho intramolecular Hbond substituents is 1. The van der Waals surface area contributed by atoms with Crippen molar-refractivity contribution in [1.82, 2.24) is 5.32 Å². The molecule has 0 aliphatic heterocycles. The molecule has 1 unspecified atom stereocenters. The molecule has 1 rings (SSSR count). The summed E-state index contributed by atoms with van der Waals surface area (Å²) in [4.78, 5) is 10.2. The van der Waals surface area contributed by atoms with Crippen LogP contribution in [0.3, 0.4) is 0 Å². The highest BCUT2D eigenvalue weighted by Gasteiger charge is 2.09. The molecule has 0 fully saturated rings. The Bertz CT molecular complexity index is 341. The standard InChI is InChI=1S/C10H14N2O3/c1-11-5-10(15)7-2-3-9(14)8(4-7)12-6-13/h2-4,6,10-11,14-15H,5H2,1H3,(H,12,13). The van der Waals surface area contributed by atoms with E-state index in [2.05, 4.69) is 10.6 Å². The normalized spacial score (nSPS) is 12.1. The van der Waals surface area contributed by atoms with Crippen molar-refractivity contribution in [2.45, 2.75) is 6.10 Å². The second-order valence-electron chi connectivity index (χ2n) is 3.11. The minimum absolute atomic E-state index is 0.0255. The number of aliphatic hydroxyl groups is 1. The Labute approximate surface area is 87.7 Å². The first kappa shape index (κ1) is 11.5. The van der Waals surface area contributed by atoms with Crippen LogP contribution in [0.1, 0.15) is 11.7 Å². The van der Waals surface area contributed by atoms with E-state index >= 15 is 0 Å². The van der Waals surface area contributed by atoms with Gasteiger partial charge in [-0.15, -0.1) is 0 Å². The zero-order valence-electron chi connectivity index (χ0n) is 8.40. The van der Waals surface area contributed by atoms with Gasteiger partial charge in [-0.25, -0.2) is 0 Å². The lowest BCUT2D eigenvalue weighted by molar-refractivity contribution is -0.105. The first-order valence-electron chi connectivity index (χ1n) is 4.54. The summed E-state index contributed by atoms with van der Waals surface area (Å²) in [6, 6.07) is 4.57. The van der Waals surface area contributed by atoms with E-state index in [9.17, 15) is 15.0 Å². The highest BCUT2D eigenvalue weighted by Crippen LogP contribution is 2.26. The van der Waals surface area contributed by atoms with E-state index in [0.717, 1.165) is 0 Å². The average molecular weight is 210 g/mol. The summed E-state index contributed by atoms with van der Waals surface area (Å²) >= 11 is 0. The molecule has 1 aromatic carbocycles. The van der Waals surface area contributed by atoms with Gasteiger partial charge in [0.05, 0.1) is 11.8 Å². The van der Waals surface area contributed by atoms with E-state index in [1.165, 1.54) is 12.1 Å².